The minimum atomic E-state index is -0.193. The maximum Gasteiger partial charge on any atom is 0.159 e. The molecule has 0 amide bonds. The first-order valence-electron chi connectivity index (χ1n) is 13.2. The Balaban J connectivity index is 1.28. The molecule has 3 saturated heterocycles. The Labute approximate surface area is 212 Å². The lowest BCUT2D eigenvalue weighted by Crippen LogP contribution is -2.44. The van der Waals surface area contributed by atoms with Crippen LogP contribution in [0.2, 0.25) is 0 Å². The number of piperidine rings is 1. The van der Waals surface area contributed by atoms with E-state index in [1.54, 1.807) is 0 Å². The Morgan fingerprint density at radius 2 is 1.83 bits per heavy atom. The molecule has 9 heteroatoms. The van der Waals surface area contributed by atoms with Crippen LogP contribution in [0.3, 0.4) is 0 Å². The van der Waals surface area contributed by atoms with E-state index < -0.39 is 0 Å². The van der Waals surface area contributed by atoms with Gasteiger partial charge in [-0.05, 0) is 75.4 Å². The molecule has 1 unspecified atom stereocenters. The molecule has 0 saturated carbocycles. The highest BCUT2D eigenvalue weighted by Gasteiger charge is 2.29. The molecular weight excluding hydrogens is 456 g/mol. The number of anilines is 1. The van der Waals surface area contributed by atoms with E-state index in [9.17, 15) is 5.11 Å². The van der Waals surface area contributed by atoms with E-state index in [0.717, 1.165) is 55.4 Å². The number of aliphatic hydroxyl groups is 1. The predicted molar refractivity (Wildman–Crippen MR) is 138 cm³/mol. The molecule has 0 spiro atoms. The van der Waals surface area contributed by atoms with E-state index >= 15 is 0 Å². The van der Waals surface area contributed by atoms with Crippen LogP contribution < -0.4 is 4.90 Å². The maximum atomic E-state index is 9.55. The van der Waals surface area contributed by atoms with Gasteiger partial charge in [0.05, 0.1) is 37.6 Å². The molecule has 3 aliphatic rings. The zero-order valence-electron chi connectivity index (χ0n) is 21.3. The number of aromatic nitrogens is 4. The van der Waals surface area contributed by atoms with E-state index in [-0.39, 0.29) is 12.7 Å². The van der Waals surface area contributed by atoms with Crippen LogP contribution >= 0.6 is 0 Å². The summed E-state index contributed by atoms with van der Waals surface area (Å²) in [5.41, 5.74) is 3.85. The average Bonchev–Trinajstić information content (AvgIpc) is 3.58. The first-order chi connectivity index (χ1) is 17.6. The van der Waals surface area contributed by atoms with Gasteiger partial charge in [0.2, 0.25) is 0 Å². The summed E-state index contributed by atoms with van der Waals surface area (Å²) >= 11 is 0. The molecule has 5 heterocycles. The molecule has 9 nitrogen and oxygen atoms in total. The smallest absolute Gasteiger partial charge is 0.159 e. The third-order valence-corrected chi connectivity index (χ3v) is 8.04. The fourth-order valence-corrected chi connectivity index (χ4v) is 6.06. The van der Waals surface area contributed by atoms with Crippen LogP contribution in [-0.2, 0) is 9.47 Å². The van der Waals surface area contributed by atoms with Crippen LogP contribution in [0.25, 0.3) is 16.7 Å². The van der Waals surface area contributed by atoms with Gasteiger partial charge in [0.15, 0.2) is 5.82 Å². The normalized spacial score (nSPS) is 24.1. The number of morpholine rings is 1. The van der Waals surface area contributed by atoms with Gasteiger partial charge in [0.25, 0.3) is 0 Å². The van der Waals surface area contributed by atoms with Gasteiger partial charge in [-0.1, -0.05) is 0 Å². The standard InChI is InChI=1S/C27H36N6O3/c1-18-11-21-14-28-33(27-13-26(29-19(2)30-27)32-8-10-36-23(15-32)16-34)25(21)12-24(18)20-3-6-31(7-4-20)22-5-9-35-17-22/h11-14,20,22-23,34H,3-10,15-17H2,1-2H3/t22?,23-/m1/s1. The van der Waals surface area contributed by atoms with Crippen molar-refractivity contribution < 1.29 is 14.6 Å². The van der Waals surface area contributed by atoms with Gasteiger partial charge >= 0.3 is 0 Å². The molecule has 2 atom stereocenters. The van der Waals surface area contributed by atoms with Crippen LogP contribution in [-0.4, -0.2) is 94.5 Å². The second-order valence-electron chi connectivity index (χ2n) is 10.4. The van der Waals surface area contributed by atoms with Crippen molar-refractivity contribution in [3.8, 4) is 5.82 Å². The fourth-order valence-electron chi connectivity index (χ4n) is 6.06. The van der Waals surface area contributed by atoms with Gasteiger partial charge in [0, 0.05) is 37.2 Å². The minimum absolute atomic E-state index is 0.00665. The van der Waals surface area contributed by atoms with Crippen LogP contribution in [0.5, 0.6) is 0 Å². The van der Waals surface area contributed by atoms with Gasteiger partial charge in [0.1, 0.15) is 11.6 Å². The zero-order valence-corrected chi connectivity index (χ0v) is 21.3. The molecule has 1 N–H and O–H groups in total. The number of fused-ring (bicyclic) bond motifs is 1. The fraction of sp³-hybridized carbons (Fsp3) is 0.593. The Morgan fingerprint density at radius 1 is 1.00 bits per heavy atom. The third kappa shape index (κ3) is 4.61. The van der Waals surface area contributed by atoms with Crippen molar-refractivity contribution in [1.82, 2.24) is 24.6 Å². The van der Waals surface area contributed by atoms with Crippen molar-refractivity contribution in [3.63, 3.8) is 0 Å². The first kappa shape index (κ1) is 23.8. The van der Waals surface area contributed by atoms with Crippen molar-refractivity contribution in [2.24, 2.45) is 0 Å². The molecule has 0 aliphatic carbocycles. The summed E-state index contributed by atoms with van der Waals surface area (Å²) in [6.45, 7) is 10.1. The summed E-state index contributed by atoms with van der Waals surface area (Å²) in [4.78, 5) is 14.2. The number of benzene rings is 1. The lowest BCUT2D eigenvalue weighted by Gasteiger charge is -2.36. The molecule has 3 aliphatic heterocycles. The predicted octanol–water partition coefficient (Wildman–Crippen LogP) is 2.60. The molecule has 192 valence electrons. The highest BCUT2D eigenvalue weighted by Crippen LogP contribution is 2.34. The van der Waals surface area contributed by atoms with E-state index in [1.165, 1.54) is 30.4 Å². The molecule has 0 bridgehead atoms. The molecule has 1 aromatic carbocycles. The maximum absolute atomic E-state index is 9.55. The van der Waals surface area contributed by atoms with E-state index in [1.807, 2.05) is 23.9 Å². The number of ether oxygens (including phenoxy) is 2. The monoisotopic (exact) mass is 492 g/mol. The van der Waals surface area contributed by atoms with E-state index in [4.69, 9.17) is 19.6 Å². The van der Waals surface area contributed by atoms with Crippen LogP contribution in [0.1, 0.15) is 42.1 Å². The van der Waals surface area contributed by atoms with Gasteiger partial charge < -0.3 is 19.5 Å². The van der Waals surface area contributed by atoms with Gasteiger partial charge in [-0.25, -0.2) is 14.6 Å². The number of rotatable bonds is 5. The van der Waals surface area contributed by atoms with E-state index in [0.29, 0.717) is 30.9 Å². The Kier molecular flexibility index (Phi) is 6.64. The zero-order chi connectivity index (χ0) is 24.6. The Hall–Kier alpha value is -2.59. The van der Waals surface area contributed by atoms with Gasteiger partial charge in [-0.2, -0.15) is 5.10 Å². The summed E-state index contributed by atoms with van der Waals surface area (Å²) < 4.78 is 13.2. The quantitative estimate of drug-likeness (QED) is 0.582. The summed E-state index contributed by atoms with van der Waals surface area (Å²) in [5, 5.41) is 15.4. The third-order valence-electron chi connectivity index (χ3n) is 8.04. The number of hydrogen-bond acceptors (Lipinski definition) is 8. The number of likely N-dealkylation sites (tertiary alicyclic amines) is 1. The largest absolute Gasteiger partial charge is 0.394 e. The van der Waals surface area contributed by atoms with Gasteiger partial charge in [-0.3, -0.25) is 4.90 Å². The molecule has 36 heavy (non-hydrogen) atoms. The lowest BCUT2D eigenvalue weighted by molar-refractivity contribution is 0.00335. The molecule has 3 fully saturated rings. The van der Waals surface area contributed by atoms with Crippen LogP contribution in [0, 0.1) is 13.8 Å². The van der Waals surface area contributed by atoms with Crippen molar-refractivity contribution in [1.29, 1.82) is 0 Å². The molecular formula is C27H36N6O3. The highest BCUT2D eigenvalue weighted by molar-refractivity contribution is 5.82. The first-order valence-corrected chi connectivity index (χ1v) is 13.2. The Morgan fingerprint density at radius 3 is 2.61 bits per heavy atom. The van der Waals surface area contributed by atoms with E-state index in [2.05, 4.69) is 33.8 Å². The SMILES string of the molecule is Cc1nc(N2CCO[C@@H](CO)C2)cc(-n2ncc3cc(C)c(C4CCN(C5CCOC5)CC4)cc32)n1. The van der Waals surface area contributed by atoms with Gasteiger partial charge in [-0.15, -0.1) is 0 Å². The molecule has 6 rings (SSSR count). The topological polar surface area (TPSA) is 88.8 Å². The second kappa shape index (κ2) is 10.0. The average molecular weight is 493 g/mol. The van der Waals surface area contributed by atoms with Crippen LogP contribution in [0.15, 0.2) is 24.4 Å². The molecule has 0 radical (unpaired) electrons. The lowest BCUT2D eigenvalue weighted by atomic mass is 9.86. The van der Waals surface area contributed by atoms with Crippen molar-refractivity contribution in [3.05, 3.63) is 41.3 Å². The summed E-state index contributed by atoms with van der Waals surface area (Å²) in [7, 11) is 0. The minimum Gasteiger partial charge on any atom is -0.394 e. The number of aliphatic hydroxyl groups excluding tert-OH is 1. The summed E-state index contributed by atoms with van der Waals surface area (Å²) in [6, 6.07) is 7.21. The number of aryl methyl sites for hydroxylation is 2. The second-order valence-corrected chi connectivity index (χ2v) is 10.4. The van der Waals surface area contributed by atoms with Crippen molar-refractivity contribution >= 4 is 16.7 Å². The summed E-state index contributed by atoms with van der Waals surface area (Å²) in [5.74, 6) is 2.88. The summed E-state index contributed by atoms with van der Waals surface area (Å²) in [6.07, 6.45) is 5.26. The molecule has 3 aromatic rings. The highest BCUT2D eigenvalue weighted by atomic mass is 16.5. The van der Waals surface area contributed by atoms with Crippen molar-refractivity contribution in [2.75, 3.05) is 57.5 Å². The molecule has 2 aromatic heterocycles. The number of hydrogen-bond donors (Lipinski definition) is 1. The van der Waals surface area contributed by atoms with Crippen molar-refractivity contribution in [2.45, 2.75) is 51.2 Å². The Bertz CT molecular complexity index is 1220. The van der Waals surface area contributed by atoms with Crippen LogP contribution in [0.4, 0.5) is 5.82 Å². The number of nitrogens with zero attached hydrogens (tertiary/aromatic N) is 6.